The van der Waals surface area contributed by atoms with Crippen LogP contribution in [0.5, 0.6) is 0 Å². The lowest BCUT2D eigenvalue weighted by Crippen LogP contribution is -2.32. The standard InChI is InChI=1S/C21H22N4O2S/c1-14(8-9-16-6-4-3-5-7-16)22-19(26)17-10-12-18(13-11-17)23-20(27)21-25-24-15(2)28-21/h3-7,10-14H,8-9H2,1-2H3,(H,22,26)(H,23,27)/t14-/m0/s1. The Balaban J connectivity index is 1.51. The number of anilines is 1. The highest BCUT2D eigenvalue weighted by molar-refractivity contribution is 7.13. The van der Waals surface area contributed by atoms with Crippen LogP contribution >= 0.6 is 11.3 Å². The average molecular weight is 395 g/mol. The SMILES string of the molecule is Cc1nnc(C(=O)Nc2ccc(C(=O)N[C@@H](C)CCc3ccccc3)cc2)s1. The van der Waals surface area contributed by atoms with Gasteiger partial charge in [0.05, 0.1) is 0 Å². The lowest BCUT2D eigenvalue weighted by Gasteiger charge is -2.14. The van der Waals surface area contributed by atoms with E-state index in [1.165, 1.54) is 16.9 Å². The van der Waals surface area contributed by atoms with Crippen LogP contribution in [0.1, 0.15) is 44.1 Å². The number of aromatic nitrogens is 2. The Morgan fingerprint density at radius 3 is 2.36 bits per heavy atom. The van der Waals surface area contributed by atoms with Crippen LogP contribution in [0.25, 0.3) is 0 Å². The van der Waals surface area contributed by atoms with E-state index in [-0.39, 0.29) is 17.9 Å². The summed E-state index contributed by atoms with van der Waals surface area (Å²) in [4.78, 5) is 24.5. The Kier molecular flexibility index (Phi) is 6.49. The molecule has 28 heavy (non-hydrogen) atoms. The van der Waals surface area contributed by atoms with Crippen LogP contribution in [-0.2, 0) is 6.42 Å². The highest BCUT2D eigenvalue weighted by Crippen LogP contribution is 2.14. The van der Waals surface area contributed by atoms with Crippen molar-refractivity contribution < 1.29 is 9.59 Å². The maximum absolute atomic E-state index is 12.4. The minimum absolute atomic E-state index is 0.0627. The quantitative estimate of drug-likeness (QED) is 0.637. The largest absolute Gasteiger partial charge is 0.350 e. The molecule has 0 saturated carbocycles. The van der Waals surface area contributed by atoms with Gasteiger partial charge in [0.1, 0.15) is 5.01 Å². The van der Waals surface area contributed by atoms with Gasteiger partial charge in [-0.1, -0.05) is 41.7 Å². The predicted molar refractivity (Wildman–Crippen MR) is 111 cm³/mol. The van der Waals surface area contributed by atoms with Crippen LogP contribution in [0.3, 0.4) is 0 Å². The van der Waals surface area contributed by atoms with E-state index >= 15 is 0 Å². The van der Waals surface area contributed by atoms with Crippen molar-refractivity contribution in [3.8, 4) is 0 Å². The molecule has 6 nitrogen and oxygen atoms in total. The molecule has 0 spiro atoms. The molecule has 2 amide bonds. The van der Waals surface area contributed by atoms with E-state index in [0.29, 0.717) is 16.3 Å². The lowest BCUT2D eigenvalue weighted by atomic mass is 10.1. The van der Waals surface area contributed by atoms with E-state index in [0.717, 1.165) is 17.8 Å². The summed E-state index contributed by atoms with van der Waals surface area (Å²) in [6.45, 7) is 3.79. The molecule has 0 bridgehead atoms. The highest BCUT2D eigenvalue weighted by atomic mass is 32.1. The fourth-order valence-corrected chi connectivity index (χ4v) is 3.27. The molecule has 2 aromatic carbocycles. The van der Waals surface area contributed by atoms with Crippen LogP contribution in [0.4, 0.5) is 5.69 Å². The minimum Gasteiger partial charge on any atom is -0.350 e. The molecule has 0 aliphatic carbocycles. The zero-order chi connectivity index (χ0) is 19.9. The van der Waals surface area contributed by atoms with Gasteiger partial charge in [0, 0.05) is 17.3 Å². The van der Waals surface area contributed by atoms with Crippen molar-refractivity contribution in [2.24, 2.45) is 0 Å². The van der Waals surface area contributed by atoms with Crippen LogP contribution in [0.15, 0.2) is 54.6 Å². The van der Waals surface area contributed by atoms with Crippen LogP contribution in [0.2, 0.25) is 0 Å². The van der Waals surface area contributed by atoms with Crippen molar-refractivity contribution in [1.29, 1.82) is 0 Å². The van der Waals surface area contributed by atoms with Crippen LogP contribution in [-0.4, -0.2) is 28.1 Å². The van der Waals surface area contributed by atoms with E-state index < -0.39 is 0 Å². The van der Waals surface area contributed by atoms with Crippen molar-refractivity contribution >= 4 is 28.8 Å². The van der Waals surface area contributed by atoms with Gasteiger partial charge in [0.25, 0.3) is 11.8 Å². The maximum atomic E-state index is 12.4. The number of rotatable bonds is 7. The smallest absolute Gasteiger partial charge is 0.286 e. The number of hydrogen-bond acceptors (Lipinski definition) is 5. The molecule has 0 radical (unpaired) electrons. The zero-order valence-corrected chi connectivity index (χ0v) is 16.6. The summed E-state index contributed by atoms with van der Waals surface area (Å²) < 4.78 is 0. The molecule has 2 N–H and O–H groups in total. The van der Waals surface area contributed by atoms with Gasteiger partial charge in [-0.3, -0.25) is 9.59 Å². The Labute approximate surface area is 168 Å². The van der Waals surface area contributed by atoms with Gasteiger partial charge < -0.3 is 10.6 Å². The van der Waals surface area contributed by atoms with E-state index in [1.54, 1.807) is 31.2 Å². The first kappa shape index (κ1) is 19.7. The van der Waals surface area contributed by atoms with Crippen LogP contribution in [0, 0.1) is 6.92 Å². The van der Waals surface area contributed by atoms with Gasteiger partial charge in [0.15, 0.2) is 0 Å². The molecular formula is C21H22N4O2S. The minimum atomic E-state index is -0.308. The molecule has 3 rings (SSSR count). The first-order chi connectivity index (χ1) is 13.5. The number of hydrogen-bond donors (Lipinski definition) is 2. The number of carbonyl (C=O) groups is 2. The van der Waals surface area contributed by atoms with Gasteiger partial charge in [-0.2, -0.15) is 0 Å². The fourth-order valence-electron chi connectivity index (χ4n) is 2.68. The monoisotopic (exact) mass is 394 g/mol. The third kappa shape index (κ3) is 5.47. The second-order valence-electron chi connectivity index (χ2n) is 6.56. The predicted octanol–water partition coefficient (Wildman–Crippen LogP) is 3.85. The molecular weight excluding hydrogens is 372 g/mol. The number of nitrogens with zero attached hydrogens (tertiary/aromatic N) is 2. The fraction of sp³-hybridized carbons (Fsp3) is 0.238. The summed E-state index contributed by atoms with van der Waals surface area (Å²) in [6.07, 6.45) is 1.78. The van der Waals surface area contributed by atoms with E-state index in [9.17, 15) is 9.59 Å². The Morgan fingerprint density at radius 2 is 1.71 bits per heavy atom. The average Bonchev–Trinajstić information content (AvgIpc) is 3.14. The second kappa shape index (κ2) is 9.23. The van der Waals surface area contributed by atoms with Crippen molar-refractivity contribution in [2.75, 3.05) is 5.32 Å². The first-order valence-electron chi connectivity index (χ1n) is 9.07. The molecule has 0 saturated heterocycles. The summed E-state index contributed by atoms with van der Waals surface area (Å²) in [5.41, 5.74) is 2.41. The topological polar surface area (TPSA) is 84.0 Å². The molecule has 7 heteroatoms. The second-order valence-corrected chi connectivity index (χ2v) is 7.74. The summed E-state index contributed by atoms with van der Waals surface area (Å²) in [5, 5.41) is 14.5. The summed E-state index contributed by atoms with van der Waals surface area (Å²) in [7, 11) is 0. The van der Waals surface area contributed by atoms with Gasteiger partial charge in [0.2, 0.25) is 5.01 Å². The number of aryl methyl sites for hydroxylation is 2. The van der Waals surface area contributed by atoms with Crippen molar-refractivity contribution in [3.05, 3.63) is 75.7 Å². The number of benzene rings is 2. The van der Waals surface area contributed by atoms with E-state index in [4.69, 9.17) is 0 Å². The number of carbonyl (C=O) groups excluding carboxylic acids is 2. The number of amides is 2. The van der Waals surface area contributed by atoms with E-state index in [1.807, 2.05) is 25.1 Å². The highest BCUT2D eigenvalue weighted by Gasteiger charge is 2.13. The van der Waals surface area contributed by atoms with E-state index in [2.05, 4.69) is 33.0 Å². The third-order valence-electron chi connectivity index (χ3n) is 4.21. The van der Waals surface area contributed by atoms with Gasteiger partial charge in [-0.25, -0.2) is 0 Å². The van der Waals surface area contributed by atoms with Crippen molar-refractivity contribution in [3.63, 3.8) is 0 Å². The van der Waals surface area contributed by atoms with Crippen molar-refractivity contribution in [2.45, 2.75) is 32.7 Å². The molecule has 1 aromatic heterocycles. The first-order valence-corrected chi connectivity index (χ1v) is 9.89. The Hall–Kier alpha value is -3.06. The van der Waals surface area contributed by atoms with Crippen LogP contribution < -0.4 is 10.6 Å². The Bertz CT molecular complexity index is 939. The number of nitrogens with one attached hydrogen (secondary N) is 2. The molecule has 0 aliphatic heterocycles. The summed E-state index contributed by atoms with van der Waals surface area (Å²) >= 11 is 1.23. The zero-order valence-electron chi connectivity index (χ0n) is 15.8. The Morgan fingerprint density at radius 1 is 1.00 bits per heavy atom. The normalized spacial score (nSPS) is 11.6. The molecule has 0 unspecified atom stereocenters. The van der Waals surface area contributed by atoms with Gasteiger partial charge >= 0.3 is 0 Å². The molecule has 0 aliphatic rings. The van der Waals surface area contributed by atoms with Gasteiger partial charge in [-0.05, 0) is 56.5 Å². The molecule has 3 aromatic rings. The lowest BCUT2D eigenvalue weighted by molar-refractivity contribution is 0.0938. The molecule has 1 atom stereocenters. The third-order valence-corrected chi connectivity index (χ3v) is 5.05. The summed E-state index contributed by atoms with van der Waals surface area (Å²) in [5.74, 6) is -0.435. The van der Waals surface area contributed by atoms with Gasteiger partial charge in [-0.15, -0.1) is 10.2 Å². The molecule has 144 valence electrons. The molecule has 0 fully saturated rings. The van der Waals surface area contributed by atoms with Crippen molar-refractivity contribution in [1.82, 2.24) is 15.5 Å². The summed E-state index contributed by atoms with van der Waals surface area (Å²) in [6, 6.07) is 17.1. The maximum Gasteiger partial charge on any atom is 0.286 e. The molecule has 1 heterocycles.